The fourth-order valence-electron chi connectivity index (χ4n) is 3.44. The van der Waals surface area contributed by atoms with Gasteiger partial charge < -0.3 is 4.98 Å². The Bertz CT molecular complexity index is 1240. The molecule has 0 bridgehead atoms. The van der Waals surface area contributed by atoms with Crippen molar-refractivity contribution < 1.29 is 0 Å². The maximum Gasteiger partial charge on any atom is 0.166 e. The van der Waals surface area contributed by atoms with Gasteiger partial charge in [-0.3, -0.25) is 0 Å². The molecule has 1 N–H and O–H groups in total. The minimum atomic E-state index is 0.691. The van der Waals surface area contributed by atoms with Gasteiger partial charge >= 0.3 is 0 Å². The molecule has 7 heteroatoms. The first-order valence-corrected chi connectivity index (χ1v) is 12.0. The van der Waals surface area contributed by atoms with E-state index in [9.17, 15) is 0 Å². The molecule has 32 heavy (non-hydrogen) atoms. The van der Waals surface area contributed by atoms with E-state index < -0.39 is 0 Å². The van der Waals surface area contributed by atoms with Crippen LogP contribution in [0.1, 0.15) is 11.3 Å². The number of nitrogens with zero attached hydrogens (tertiary/aromatic N) is 4. The molecule has 0 atom stereocenters. The Morgan fingerprint density at radius 2 is 1.53 bits per heavy atom. The number of aromatic amines is 1. The van der Waals surface area contributed by atoms with Crippen molar-refractivity contribution in [3.8, 4) is 22.5 Å². The van der Waals surface area contributed by atoms with Gasteiger partial charge in [0, 0.05) is 27.5 Å². The molecular weight excluding hydrogens is 482 g/mol. The minimum absolute atomic E-state index is 0.691. The van der Waals surface area contributed by atoms with Gasteiger partial charge in [0.2, 0.25) is 0 Å². The summed E-state index contributed by atoms with van der Waals surface area (Å²) in [5.74, 6) is 0.691. The van der Waals surface area contributed by atoms with Crippen LogP contribution in [0.2, 0.25) is 0 Å². The number of H-pyrrole nitrogens is 1. The summed E-state index contributed by atoms with van der Waals surface area (Å²) < 4.78 is 2.94. The molecule has 2 aromatic heterocycles. The summed E-state index contributed by atoms with van der Waals surface area (Å²) in [4.78, 5) is 8.41. The molecule has 0 saturated carbocycles. The van der Waals surface area contributed by atoms with E-state index in [-0.39, 0.29) is 0 Å². The Hall–Kier alpha value is -3.16. The van der Waals surface area contributed by atoms with Gasteiger partial charge in [-0.15, -0.1) is 5.10 Å². The summed E-state index contributed by atoms with van der Waals surface area (Å²) in [5, 5.41) is 9.47. The van der Waals surface area contributed by atoms with E-state index in [1.807, 2.05) is 59.4 Å². The number of hydrogen-bond donors (Lipinski definition) is 1. The lowest BCUT2D eigenvalue weighted by atomic mass is 10.1. The molecule has 0 aliphatic heterocycles. The Labute approximate surface area is 199 Å². The van der Waals surface area contributed by atoms with Crippen molar-refractivity contribution in [1.29, 1.82) is 0 Å². The van der Waals surface area contributed by atoms with Crippen LogP contribution in [0.15, 0.2) is 101 Å². The van der Waals surface area contributed by atoms with Gasteiger partial charge in [0.1, 0.15) is 0 Å². The van der Waals surface area contributed by atoms with E-state index in [4.69, 9.17) is 4.98 Å². The summed E-state index contributed by atoms with van der Waals surface area (Å²) in [6, 6.07) is 28.8. The SMILES string of the molecule is Brc1ccc(Cn2cc(CSc3nc(-c4ccccc4)c(-c4ccccc4)[nH]3)nn2)cc1. The Morgan fingerprint density at radius 1 is 0.844 bits per heavy atom. The maximum atomic E-state index is 4.90. The van der Waals surface area contributed by atoms with E-state index >= 15 is 0 Å². The molecule has 3 aromatic carbocycles. The molecule has 158 valence electrons. The molecule has 0 spiro atoms. The predicted octanol–water partition coefficient (Wildman–Crippen LogP) is 6.44. The van der Waals surface area contributed by atoms with Crippen molar-refractivity contribution in [3.05, 3.63) is 107 Å². The van der Waals surface area contributed by atoms with E-state index in [0.717, 1.165) is 37.8 Å². The van der Waals surface area contributed by atoms with Gasteiger partial charge in [0.05, 0.1) is 23.6 Å². The highest BCUT2D eigenvalue weighted by Crippen LogP contribution is 2.33. The number of rotatable bonds is 7. The van der Waals surface area contributed by atoms with Crippen LogP contribution in [-0.4, -0.2) is 25.0 Å². The third kappa shape index (κ3) is 4.84. The Kier molecular flexibility index (Phi) is 6.18. The predicted molar refractivity (Wildman–Crippen MR) is 132 cm³/mol. The second-order valence-electron chi connectivity index (χ2n) is 7.32. The zero-order valence-electron chi connectivity index (χ0n) is 17.1. The Balaban J connectivity index is 1.33. The molecule has 5 aromatic rings. The number of nitrogens with one attached hydrogen (secondary N) is 1. The number of halogens is 1. The number of thioether (sulfide) groups is 1. The monoisotopic (exact) mass is 501 g/mol. The lowest BCUT2D eigenvalue weighted by Gasteiger charge is -2.02. The van der Waals surface area contributed by atoms with Gasteiger partial charge in [0.15, 0.2) is 5.16 Å². The fourth-order valence-corrected chi connectivity index (χ4v) is 4.45. The first-order valence-electron chi connectivity index (χ1n) is 10.2. The average Bonchev–Trinajstić information content (AvgIpc) is 3.47. The van der Waals surface area contributed by atoms with E-state index in [1.165, 1.54) is 5.56 Å². The van der Waals surface area contributed by atoms with Crippen molar-refractivity contribution in [2.45, 2.75) is 17.5 Å². The molecule has 5 nitrogen and oxygen atoms in total. The Morgan fingerprint density at radius 3 is 2.25 bits per heavy atom. The van der Waals surface area contributed by atoms with Crippen molar-refractivity contribution in [2.75, 3.05) is 0 Å². The van der Waals surface area contributed by atoms with Gasteiger partial charge in [-0.2, -0.15) is 0 Å². The smallest absolute Gasteiger partial charge is 0.166 e. The summed E-state index contributed by atoms with van der Waals surface area (Å²) in [7, 11) is 0. The highest BCUT2D eigenvalue weighted by atomic mass is 79.9. The zero-order valence-corrected chi connectivity index (χ0v) is 19.6. The third-order valence-electron chi connectivity index (χ3n) is 4.99. The van der Waals surface area contributed by atoms with Crippen LogP contribution in [0.3, 0.4) is 0 Å². The number of hydrogen-bond acceptors (Lipinski definition) is 4. The van der Waals surface area contributed by atoms with Crippen molar-refractivity contribution in [2.24, 2.45) is 0 Å². The molecular formula is C25H20BrN5S. The highest BCUT2D eigenvalue weighted by Gasteiger charge is 2.15. The molecule has 0 radical (unpaired) electrons. The molecule has 5 rings (SSSR count). The van der Waals surface area contributed by atoms with Gasteiger partial charge in [-0.05, 0) is 17.7 Å². The summed E-state index contributed by atoms with van der Waals surface area (Å²) >= 11 is 5.10. The quantitative estimate of drug-likeness (QED) is 0.260. The van der Waals surface area contributed by atoms with E-state index in [0.29, 0.717) is 12.3 Å². The number of imidazole rings is 1. The molecule has 0 amide bonds. The van der Waals surface area contributed by atoms with Gasteiger partial charge in [0.25, 0.3) is 0 Å². The second-order valence-corrected chi connectivity index (χ2v) is 9.20. The van der Waals surface area contributed by atoms with E-state index in [2.05, 4.69) is 67.6 Å². The summed E-state index contributed by atoms with van der Waals surface area (Å²) in [5.41, 5.74) is 6.30. The third-order valence-corrected chi connectivity index (χ3v) is 6.43. The van der Waals surface area contributed by atoms with Crippen LogP contribution in [0, 0.1) is 0 Å². The van der Waals surface area contributed by atoms with Crippen LogP contribution in [0.4, 0.5) is 0 Å². The number of benzene rings is 3. The lowest BCUT2D eigenvalue weighted by molar-refractivity contribution is 0.649. The van der Waals surface area contributed by atoms with E-state index in [1.54, 1.807) is 11.8 Å². The lowest BCUT2D eigenvalue weighted by Crippen LogP contribution is -1.99. The van der Waals surface area contributed by atoms with Crippen LogP contribution in [0.25, 0.3) is 22.5 Å². The molecule has 0 unspecified atom stereocenters. The molecule has 0 fully saturated rings. The molecule has 0 aliphatic carbocycles. The maximum absolute atomic E-state index is 4.90. The molecule has 0 aliphatic rings. The van der Waals surface area contributed by atoms with Crippen LogP contribution < -0.4 is 0 Å². The van der Waals surface area contributed by atoms with Gasteiger partial charge in [-0.25, -0.2) is 9.67 Å². The second kappa shape index (κ2) is 9.54. The standard InChI is InChI=1S/C25H20BrN5S/c26-21-13-11-18(12-14-21)15-31-16-22(29-30-31)17-32-25-27-23(19-7-3-1-4-8-19)24(28-25)20-9-5-2-6-10-20/h1-14,16H,15,17H2,(H,27,28). The van der Waals surface area contributed by atoms with Crippen LogP contribution in [0.5, 0.6) is 0 Å². The largest absolute Gasteiger partial charge is 0.332 e. The highest BCUT2D eigenvalue weighted by molar-refractivity contribution is 9.10. The summed E-state index contributed by atoms with van der Waals surface area (Å²) in [6.45, 7) is 0.696. The van der Waals surface area contributed by atoms with Gasteiger partial charge in [-0.1, -0.05) is 106 Å². The fraction of sp³-hybridized carbons (Fsp3) is 0.0800. The topological polar surface area (TPSA) is 59.4 Å². The average molecular weight is 502 g/mol. The van der Waals surface area contributed by atoms with Crippen molar-refractivity contribution in [1.82, 2.24) is 25.0 Å². The molecule has 2 heterocycles. The first-order chi connectivity index (χ1) is 15.7. The minimum Gasteiger partial charge on any atom is -0.332 e. The zero-order chi connectivity index (χ0) is 21.8. The summed E-state index contributed by atoms with van der Waals surface area (Å²) in [6.07, 6.45) is 1.99. The number of aromatic nitrogens is 5. The normalized spacial score (nSPS) is 11.0. The van der Waals surface area contributed by atoms with Crippen molar-refractivity contribution in [3.63, 3.8) is 0 Å². The van der Waals surface area contributed by atoms with Crippen LogP contribution >= 0.6 is 27.7 Å². The first kappa shape index (κ1) is 20.7. The van der Waals surface area contributed by atoms with Crippen LogP contribution in [-0.2, 0) is 12.3 Å². The van der Waals surface area contributed by atoms with Crippen molar-refractivity contribution >= 4 is 27.7 Å². The molecule has 0 saturated heterocycles.